The number of rotatable bonds is 5. The second-order valence-corrected chi connectivity index (χ2v) is 7.63. The van der Waals surface area contributed by atoms with E-state index in [1.165, 1.54) is 11.1 Å². The lowest BCUT2D eigenvalue weighted by molar-refractivity contribution is 0.855. The highest BCUT2D eigenvalue weighted by molar-refractivity contribution is 5.77. The highest BCUT2D eigenvalue weighted by Crippen LogP contribution is 2.27. The van der Waals surface area contributed by atoms with Gasteiger partial charge in [-0.25, -0.2) is 9.97 Å². The van der Waals surface area contributed by atoms with Crippen molar-refractivity contribution < 1.29 is 0 Å². The standard InChI is InChI=1S/C26H23N5/c1-18-10-6-7-13-21(18)23-16-25(31-17-27-22-14-8-9-15-24(22)31)30-26(29-23)28-19(2)20-11-4-3-5-12-20/h3-17,19H,1-2H3,(H,28,29,30)/t19-/m0/s1. The molecule has 1 atom stereocenters. The van der Waals surface area contributed by atoms with Crippen LogP contribution in [-0.4, -0.2) is 19.5 Å². The van der Waals surface area contributed by atoms with Crippen molar-refractivity contribution in [3.05, 3.63) is 102 Å². The smallest absolute Gasteiger partial charge is 0.225 e. The number of benzene rings is 3. The molecule has 0 aliphatic rings. The summed E-state index contributed by atoms with van der Waals surface area (Å²) >= 11 is 0. The van der Waals surface area contributed by atoms with E-state index < -0.39 is 0 Å². The number of hydrogen-bond donors (Lipinski definition) is 1. The molecule has 31 heavy (non-hydrogen) atoms. The molecule has 0 saturated heterocycles. The Morgan fingerprint density at radius 3 is 2.42 bits per heavy atom. The van der Waals surface area contributed by atoms with Gasteiger partial charge in [0.05, 0.1) is 22.8 Å². The SMILES string of the molecule is Cc1ccccc1-c1cc(-n2cnc3ccccc32)nc(N[C@@H](C)c2ccccc2)n1. The van der Waals surface area contributed by atoms with Gasteiger partial charge in [0.15, 0.2) is 0 Å². The molecule has 5 rings (SSSR count). The monoisotopic (exact) mass is 405 g/mol. The van der Waals surface area contributed by atoms with E-state index in [-0.39, 0.29) is 6.04 Å². The van der Waals surface area contributed by atoms with Gasteiger partial charge in [-0.05, 0) is 37.1 Å². The Hall–Kier alpha value is -3.99. The van der Waals surface area contributed by atoms with E-state index in [1.54, 1.807) is 0 Å². The maximum atomic E-state index is 4.86. The maximum absolute atomic E-state index is 4.86. The normalized spacial score (nSPS) is 12.1. The minimum Gasteiger partial charge on any atom is -0.348 e. The molecule has 2 heterocycles. The van der Waals surface area contributed by atoms with Crippen molar-refractivity contribution in [1.29, 1.82) is 0 Å². The Morgan fingerprint density at radius 2 is 1.58 bits per heavy atom. The third-order valence-corrected chi connectivity index (χ3v) is 5.48. The first-order chi connectivity index (χ1) is 15.2. The predicted molar refractivity (Wildman–Crippen MR) is 125 cm³/mol. The van der Waals surface area contributed by atoms with Gasteiger partial charge in [-0.15, -0.1) is 0 Å². The van der Waals surface area contributed by atoms with Crippen LogP contribution >= 0.6 is 0 Å². The van der Waals surface area contributed by atoms with Crippen molar-refractivity contribution in [2.24, 2.45) is 0 Å². The lowest BCUT2D eigenvalue weighted by Crippen LogP contribution is -2.11. The first-order valence-electron chi connectivity index (χ1n) is 10.4. The molecule has 0 amide bonds. The molecule has 2 aromatic heterocycles. The second kappa shape index (κ2) is 8.03. The Morgan fingerprint density at radius 1 is 0.839 bits per heavy atom. The van der Waals surface area contributed by atoms with Crippen LogP contribution in [0.15, 0.2) is 91.3 Å². The minimum atomic E-state index is 0.0701. The fraction of sp³-hybridized carbons (Fsp3) is 0.115. The molecule has 0 aliphatic carbocycles. The van der Waals surface area contributed by atoms with Crippen molar-refractivity contribution in [2.75, 3.05) is 5.32 Å². The number of anilines is 1. The zero-order valence-electron chi connectivity index (χ0n) is 17.5. The van der Waals surface area contributed by atoms with Crippen molar-refractivity contribution in [3.63, 3.8) is 0 Å². The summed E-state index contributed by atoms with van der Waals surface area (Å²) in [5, 5.41) is 3.48. The molecule has 152 valence electrons. The Bertz CT molecular complexity index is 1340. The Balaban J connectivity index is 1.63. The van der Waals surface area contributed by atoms with E-state index in [1.807, 2.05) is 65.5 Å². The Kier molecular flexibility index (Phi) is 4.92. The van der Waals surface area contributed by atoms with E-state index in [9.17, 15) is 0 Å². The van der Waals surface area contributed by atoms with Crippen molar-refractivity contribution in [1.82, 2.24) is 19.5 Å². The van der Waals surface area contributed by atoms with Gasteiger partial charge in [-0.1, -0.05) is 66.7 Å². The molecule has 3 aromatic carbocycles. The lowest BCUT2D eigenvalue weighted by atomic mass is 10.1. The zero-order valence-corrected chi connectivity index (χ0v) is 17.5. The summed E-state index contributed by atoms with van der Waals surface area (Å²) in [7, 11) is 0. The average molecular weight is 406 g/mol. The average Bonchev–Trinajstić information content (AvgIpc) is 3.24. The number of aryl methyl sites for hydroxylation is 1. The predicted octanol–water partition coefficient (Wildman–Crippen LogP) is 5.96. The highest BCUT2D eigenvalue weighted by Gasteiger charge is 2.14. The van der Waals surface area contributed by atoms with Crippen LogP contribution in [0.4, 0.5) is 5.95 Å². The van der Waals surface area contributed by atoms with Crippen molar-refractivity contribution in [3.8, 4) is 17.1 Å². The highest BCUT2D eigenvalue weighted by atomic mass is 15.2. The summed E-state index contributed by atoms with van der Waals surface area (Å²) in [6.07, 6.45) is 1.82. The van der Waals surface area contributed by atoms with Crippen molar-refractivity contribution >= 4 is 17.0 Å². The van der Waals surface area contributed by atoms with Gasteiger partial charge in [0.25, 0.3) is 0 Å². The van der Waals surface area contributed by atoms with Gasteiger partial charge in [0.2, 0.25) is 5.95 Å². The van der Waals surface area contributed by atoms with Crippen LogP contribution in [0.25, 0.3) is 28.1 Å². The third-order valence-electron chi connectivity index (χ3n) is 5.48. The molecule has 0 fully saturated rings. The molecule has 5 nitrogen and oxygen atoms in total. The largest absolute Gasteiger partial charge is 0.348 e. The first kappa shape index (κ1) is 19.0. The van der Waals surface area contributed by atoms with Gasteiger partial charge in [-0.2, -0.15) is 4.98 Å². The molecule has 5 heteroatoms. The van der Waals surface area contributed by atoms with E-state index >= 15 is 0 Å². The number of nitrogens with zero attached hydrogens (tertiary/aromatic N) is 4. The molecule has 0 spiro atoms. The van der Waals surface area contributed by atoms with Crippen LogP contribution in [0.3, 0.4) is 0 Å². The first-order valence-corrected chi connectivity index (χ1v) is 10.4. The van der Waals surface area contributed by atoms with E-state index in [2.05, 4.69) is 54.5 Å². The molecular formula is C26H23N5. The van der Waals surface area contributed by atoms with Crippen LogP contribution in [0.2, 0.25) is 0 Å². The minimum absolute atomic E-state index is 0.0701. The molecule has 0 saturated carbocycles. The summed E-state index contributed by atoms with van der Waals surface area (Å²) in [6, 6.07) is 28.8. The number of imidazole rings is 1. The molecule has 0 radical (unpaired) electrons. The number of hydrogen-bond acceptors (Lipinski definition) is 4. The molecule has 0 aliphatic heterocycles. The molecule has 5 aromatic rings. The number of nitrogens with one attached hydrogen (secondary N) is 1. The maximum Gasteiger partial charge on any atom is 0.225 e. The summed E-state index contributed by atoms with van der Waals surface area (Å²) in [5.74, 6) is 1.37. The number of para-hydroxylation sites is 2. The fourth-order valence-corrected chi connectivity index (χ4v) is 3.78. The summed E-state index contributed by atoms with van der Waals surface area (Å²) in [6.45, 7) is 4.22. The molecule has 0 unspecified atom stereocenters. The zero-order chi connectivity index (χ0) is 21.2. The topological polar surface area (TPSA) is 55.6 Å². The Labute approximate surface area is 181 Å². The van der Waals surface area contributed by atoms with E-state index in [0.29, 0.717) is 5.95 Å². The third kappa shape index (κ3) is 3.78. The quantitative estimate of drug-likeness (QED) is 0.392. The van der Waals surface area contributed by atoms with Crippen LogP contribution in [0, 0.1) is 6.92 Å². The number of fused-ring (bicyclic) bond motifs is 1. The lowest BCUT2D eigenvalue weighted by Gasteiger charge is -2.17. The van der Waals surface area contributed by atoms with Gasteiger partial charge < -0.3 is 5.32 Å². The van der Waals surface area contributed by atoms with Gasteiger partial charge in [0, 0.05) is 11.6 Å². The summed E-state index contributed by atoms with van der Waals surface area (Å²) < 4.78 is 2.01. The van der Waals surface area contributed by atoms with E-state index in [4.69, 9.17) is 9.97 Å². The molecular weight excluding hydrogens is 382 g/mol. The summed E-state index contributed by atoms with van der Waals surface area (Å²) in [4.78, 5) is 14.2. The summed E-state index contributed by atoms with van der Waals surface area (Å²) in [5.41, 5.74) is 6.27. The fourth-order valence-electron chi connectivity index (χ4n) is 3.78. The van der Waals surface area contributed by atoms with Crippen LogP contribution in [0.5, 0.6) is 0 Å². The van der Waals surface area contributed by atoms with E-state index in [0.717, 1.165) is 28.1 Å². The van der Waals surface area contributed by atoms with Crippen LogP contribution in [-0.2, 0) is 0 Å². The van der Waals surface area contributed by atoms with Crippen molar-refractivity contribution in [2.45, 2.75) is 19.9 Å². The molecule has 1 N–H and O–H groups in total. The number of aromatic nitrogens is 4. The van der Waals surface area contributed by atoms with Crippen LogP contribution < -0.4 is 5.32 Å². The van der Waals surface area contributed by atoms with Gasteiger partial charge in [0.1, 0.15) is 12.1 Å². The second-order valence-electron chi connectivity index (χ2n) is 7.63. The molecule has 0 bridgehead atoms. The van der Waals surface area contributed by atoms with Gasteiger partial charge in [-0.3, -0.25) is 4.57 Å². The van der Waals surface area contributed by atoms with Crippen LogP contribution in [0.1, 0.15) is 24.1 Å². The van der Waals surface area contributed by atoms with Gasteiger partial charge >= 0.3 is 0 Å².